The molecule has 2 heteroatoms. The zero-order valence-electron chi connectivity index (χ0n) is 11.2. The van der Waals surface area contributed by atoms with Crippen molar-refractivity contribution in [1.29, 1.82) is 0 Å². The van der Waals surface area contributed by atoms with E-state index in [0.717, 1.165) is 13.0 Å². The van der Waals surface area contributed by atoms with Gasteiger partial charge in [-0.15, -0.1) is 0 Å². The molecule has 0 amide bonds. The summed E-state index contributed by atoms with van der Waals surface area (Å²) in [4.78, 5) is 0.513. The highest BCUT2D eigenvalue weighted by molar-refractivity contribution is 9.09. The SMILES string of the molecule is CC1CC(C(Br)Cc2ccc3ccccc3c2)CO1. The fourth-order valence-corrected chi connectivity index (χ4v) is 3.60. The molecule has 100 valence electrons. The Balaban J connectivity index is 1.74. The maximum absolute atomic E-state index is 5.66. The Morgan fingerprint density at radius 2 is 2.00 bits per heavy atom. The molecule has 1 aliphatic rings. The van der Waals surface area contributed by atoms with Crippen molar-refractivity contribution < 1.29 is 4.74 Å². The van der Waals surface area contributed by atoms with Gasteiger partial charge < -0.3 is 4.74 Å². The topological polar surface area (TPSA) is 9.23 Å². The molecule has 1 saturated heterocycles. The van der Waals surface area contributed by atoms with Crippen LogP contribution >= 0.6 is 15.9 Å². The van der Waals surface area contributed by atoms with Gasteiger partial charge >= 0.3 is 0 Å². The lowest BCUT2D eigenvalue weighted by atomic mass is 9.96. The van der Waals surface area contributed by atoms with Gasteiger partial charge in [0.15, 0.2) is 0 Å². The summed E-state index contributed by atoms with van der Waals surface area (Å²) in [7, 11) is 0. The van der Waals surface area contributed by atoms with Crippen LogP contribution in [-0.4, -0.2) is 17.5 Å². The monoisotopic (exact) mass is 318 g/mol. The predicted octanol–water partition coefficient (Wildman–Crippen LogP) is 4.57. The van der Waals surface area contributed by atoms with Gasteiger partial charge in [0.2, 0.25) is 0 Å². The molecule has 1 nitrogen and oxygen atoms in total. The third kappa shape index (κ3) is 3.01. The first-order chi connectivity index (χ1) is 9.22. The minimum absolute atomic E-state index is 0.418. The van der Waals surface area contributed by atoms with Crippen molar-refractivity contribution in [2.24, 2.45) is 5.92 Å². The number of hydrogen-bond acceptors (Lipinski definition) is 1. The number of hydrogen-bond donors (Lipinski definition) is 0. The van der Waals surface area contributed by atoms with E-state index in [-0.39, 0.29) is 0 Å². The van der Waals surface area contributed by atoms with Crippen LogP contribution in [0.3, 0.4) is 0 Å². The van der Waals surface area contributed by atoms with Crippen LogP contribution in [0.15, 0.2) is 42.5 Å². The summed E-state index contributed by atoms with van der Waals surface area (Å²) in [6.45, 7) is 3.06. The summed E-state index contributed by atoms with van der Waals surface area (Å²) in [5, 5.41) is 2.64. The summed E-state index contributed by atoms with van der Waals surface area (Å²) in [5.41, 5.74) is 1.40. The van der Waals surface area contributed by atoms with Crippen molar-refractivity contribution in [1.82, 2.24) is 0 Å². The van der Waals surface area contributed by atoms with Crippen molar-refractivity contribution >= 4 is 26.7 Å². The molecule has 3 rings (SSSR count). The summed E-state index contributed by atoms with van der Waals surface area (Å²) in [6.07, 6.45) is 2.66. The van der Waals surface area contributed by atoms with Crippen LogP contribution in [0.25, 0.3) is 10.8 Å². The van der Waals surface area contributed by atoms with E-state index in [1.807, 2.05) is 0 Å². The molecule has 2 aromatic rings. The van der Waals surface area contributed by atoms with Crippen LogP contribution in [0.2, 0.25) is 0 Å². The maximum Gasteiger partial charge on any atom is 0.0551 e. The molecule has 2 aromatic carbocycles. The lowest BCUT2D eigenvalue weighted by Gasteiger charge is -2.16. The van der Waals surface area contributed by atoms with Gasteiger partial charge in [-0.2, -0.15) is 0 Å². The highest BCUT2D eigenvalue weighted by Gasteiger charge is 2.27. The predicted molar refractivity (Wildman–Crippen MR) is 83.9 cm³/mol. The second-order valence-corrected chi connectivity index (χ2v) is 6.72. The summed E-state index contributed by atoms with van der Waals surface area (Å²) < 4.78 is 5.66. The van der Waals surface area contributed by atoms with E-state index >= 15 is 0 Å². The highest BCUT2D eigenvalue weighted by atomic mass is 79.9. The van der Waals surface area contributed by atoms with E-state index < -0.39 is 0 Å². The maximum atomic E-state index is 5.66. The molecule has 19 heavy (non-hydrogen) atoms. The number of ether oxygens (including phenoxy) is 1. The van der Waals surface area contributed by atoms with Crippen LogP contribution in [0.5, 0.6) is 0 Å². The Morgan fingerprint density at radius 3 is 2.74 bits per heavy atom. The zero-order chi connectivity index (χ0) is 13.2. The Kier molecular flexibility index (Phi) is 3.90. The number of halogens is 1. The van der Waals surface area contributed by atoms with E-state index in [2.05, 4.69) is 65.3 Å². The van der Waals surface area contributed by atoms with Gasteiger partial charge in [-0.05, 0) is 42.0 Å². The molecule has 0 radical (unpaired) electrons. The first kappa shape index (κ1) is 13.1. The molecule has 0 N–H and O–H groups in total. The molecule has 1 aliphatic heterocycles. The molecule has 0 saturated carbocycles. The van der Waals surface area contributed by atoms with Crippen LogP contribution in [0.4, 0.5) is 0 Å². The standard InChI is InChI=1S/C17H19BrO/c1-12-8-16(11-19-12)17(18)10-13-6-7-14-4-2-3-5-15(14)9-13/h2-7,9,12,16-17H,8,10-11H2,1H3. The highest BCUT2D eigenvalue weighted by Crippen LogP contribution is 2.29. The Labute approximate surface area is 123 Å². The van der Waals surface area contributed by atoms with Crippen LogP contribution in [0, 0.1) is 5.92 Å². The lowest BCUT2D eigenvalue weighted by molar-refractivity contribution is 0.120. The fraction of sp³-hybridized carbons (Fsp3) is 0.412. The number of benzene rings is 2. The minimum atomic E-state index is 0.418. The number of fused-ring (bicyclic) bond motifs is 1. The average molecular weight is 319 g/mol. The molecular formula is C17H19BrO. The molecule has 3 unspecified atom stereocenters. The molecule has 0 aliphatic carbocycles. The smallest absolute Gasteiger partial charge is 0.0551 e. The quantitative estimate of drug-likeness (QED) is 0.753. The summed E-state index contributed by atoms with van der Waals surface area (Å²) >= 11 is 3.85. The second-order valence-electron chi connectivity index (χ2n) is 5.54. The van der Waals surface area contributed by atoms with Crippen LogP contribution < -0.4 is 0 Å². The minimum Gasteiger partial charge on any atom is -0.378 e. The largest absolute Gasteiger partial charge is 0.378 e. The lowest BCUT2D eigenvalue weighted by Crippen LogP contribution is -2.17. The normalized spacial score (nSPS) is 24.7. The van der Waals surface area contributed by atoms with E-state index in [0.29, 0.717) is 16.8 Å². The molecular weight excluding hydrogens is 300 g/mol. The Hall–Kier alpha value is -0.860. The van der Waals surface area contributed by atoms with E-state index in [1.54, 1.807) is 0 Å². The Bertz CT molecular complexity index is 566. The molecule has 1 heterocycles. The number of alkyl halides is 1. The molecule has 0 aromatic heterocycles. The van der Waals surface area contributed by atoms with Gasteiger partial charge in [-0.1, -0.05) is 58.4 Å². The summed E-state index contributed by atoms with van der Waals surface area (Å²) in [5.74, 6) is 0.640. The van der Waals surface area contributed by atoms with Gasteiger partial charge in [-0.25, -0.2) is 0 Å². The third-order valence-corrected chi connectivity index (χ3v) is 5.06. The van der Waals surface area contributed by atoms with Crippen LogP contribution in [0.1, 0.15) is 18.9 Å². The van der Waals surface area contributed by atoms with E-state index in [9.17, 15) is 0 Å². The Morgan fingerprint density at radius 1 is 1.21 bits per heavy atom. The van der Waals surface area contributed by atoms with Crippen LogP contribution in [-0.2, 0) is 11.2 Å². The fourth-order valence-electron chi connectivity index (χ4n) is 2.86. The van der Waals surface area contributed by atoms with Gasteiger partial charge in [0.05, 0.1) is 12.7 Å². The van der Waals surface area contributed by atoms with E-state index in [4.69, 9.17) is 4.74 Å². The van der Waals surface area contributed by atoms with Crippen molar-refractivity contribution in [3.8, 4) is 0 Å². The summed E-state index contributed by atoms with van der Waals surface area (Å²) in [6, 6.07) is 15.3. The second kappa shape index (κ2) is 5.64. The first-order valence-corrected chi connectivity index (χ1v) is 7.87. The van der Waals surface area contributed by atoms with Gasteiger partial charge in [-0.3, -0.25) is 0 Å². The first-order valence-electron chi connectivity index (χ1n) is 6.96. The molecule has 3 atom stereocenters. The van der Waals surface area contributed by atoms with Crippen molar-refractivity contribution in [2.45, 2.75) is 30.7 Å². The average Bonchev–Trinajstić information content (AvgIpc) is 2.85. The number of rotatable bonds is 3. The molecule has 0 bridgehead atoms. The van der Waals surface area contributed by atoms with Gasteiger partial charge in [0.1, 0.15) is 0 Å². The third-order valence-electron chi connectivity index (χ3n) is 3.99. The van der Waals surface area contributed by atoms with Crippen molar-refractivity contribution in [3.05, 3.63) is 48.0 Å². The van der Waals surface area contributed by atoms with E-state index in [1.165, 1.54) is 22.8 Å². The van der Waals surface area contributed by atoms with Gasteiger partial charge in [0.25, 0.3) is 0 Å². The van der Waals surface area contributed by atoms with Crippen molar-refractivity contribution in [2.75, 3.05) is 6.61 Å². The molecule has 1 fully saturated rings. The van der Waals surface area contributed by atoms with Gasteiger partial charge in [0, 0.05) is 4.83 Å². The van der Waals surface area contributed by atoms with Crippen molar-refractivity contribution in [3.63, 3.8) is 0 Å². The molecule has 0 spiro atoms. The zero-order valence-corrected chi connectivity index (χ0v) is 12.8.